The van der Waals surface area contributed by atoms with Gasteiger partial charge in [0.05, 0.1) is 4.92 Å². The zero-order chi connectivity index (χ0) is 14.7. The van der Waals surface area contributed by atoms with E-state index in [0.717, 1.165) is 31.9 Å². The van der Waals surface area contributed by atoms with Crippen molar-refractivity contribution in [1.29, 1.82) is 0 Å². The predicted molar refractivity (Wildman–Crippen MR) is 74.2 cm³/mol. The molecule has 2 unspecified atom stereocenters. The third kappa shape index (κ3) is 3.23. The number of hydrogen-bond acceptors (Lipinski definition) is 5. The normalized spacial score (nSPS) is 22.2. The van der Waals surface area contributed by atoms with Gasteiger partial charge in [0, 0.05) is 6.04 Å². The Balaban J connectivity index is 2.16. The van der Waals surface area contributed by atoms with E-state index in [9.17, 15) is 14.9 Å². The molecule has 1 amide bonds. The van der Waals surface area contributed by atoms with Gasteiger partial charge in [-0.3, -0.25) is 14.9 Å². The van der Waals surface area contributed by atoms with Crippen LogP contribution in [0.4, 0.5) is 11.5 Å². The van der Waals surface area contributed by atoms with Crippen LogP contribution in [0.25, 0.3) is 0 Å². The number of carbonyl (C=O) groups is 1. The van der Waals surface area contributed by atoms with Gasteiger partial charge in [-0.1, -0.05) is 19.8 Å². The predicted octanol–water partition coefficient (Wildman–Crippen LogP) is 1.88. The Morgan fingerprint density at radius 3 is 2.95 bits per heavy atom. The Hall–Kier alpha value is -2.18. The van der Waals surface area contributed by atoms with Crippen LogP contribution in [0.5, 0.6) is 0 Å². The van der Waals surface area contributed by atoms with E-state index in [1.54, 1.807) is 0 Å². The van der Waals surface area contributed by atoms with Crippen LogP contribution in [0.1, 0.15) is 43.0 Å². The van der Waals surface area contributed by atoms with Crippen molar-refractivity contribution in [3.8, 4) is 0 Å². The van der Waals surface area contributed by atoms with Crippen LogP contribution >= 0.6 is 0 Å². The molecule has 2 rings (SSSR count). The molecule has 1 saturated carbocycles. The lowest BCUT2D eigenvalue weighted by atomic mass is 9.87. The summed E-state index contributed by atoms with van der Waals surface area (Å²) in [7, 11) is 0. The standard InChI is InChI=1S/C13H18N4O3/c1-8-3-2-4-9(5-8)16-13(18)10-6-12(14)15-7-11(10)17(19)20/h6-9H,2-5H2,1H3,(H2,14,15)(H,16,18). The van der Waals surface area contributed by atoms with E-state index in [2.05, 4.69) is 17.2 Å². The maximum Gasteiger partial charge on any atom is 0.300 e. The summed E-state index contributed by atoms with van der Waals surface area (Å²) < 4.78 is 0. The summed E-state index contributed by atoms with van der Waals surface area (Å²) in [5.41, 5.74) is 5.16. The molecular formula is C13H18N4O3. The third-order valence-corrected chi connectivity index (χ3v) is 3.62. The molecule has 7 heteroatoms. The number of hydrogen-bond donors (Lipinski definition) is 2. The highest BCUT2D eigenvalue weighted by atomic mass is 16.6. The number of nitrogen functional groups attached to an aromatic ring is 1. The lowest BCUT2D eigenvalue weighted by Gasteiger charge is -2.27. The van der Waals surface area contributed by atoms with Crippen LogP contribution in [0.15, 0.2) is 12.3 Å². The number of aromatic nitrogens is 1. The van der Waals surface area contributed by atoms with Gasteiger partial charge in [-0.2, -0.15) is 0 Å². The molecule has 1 fully saturated rings. The number of anilines is 1. The van der Waals surface area contributed by atoms with Crippen molar-refractivity contribution in [1.82, 2.24) is 10.3 Å². The monoisotopic (exact) mass is 278 g/mol. The second-order valence-electron chi connectivity index (χ2n) is 5.33. The number of nitrogens with one attached hydrogen (secondary N) is 1. The van der Waals surface area contributed by atoms with Crippen LogP contribution in [0.2, 0.25) is 0 Å². The first-order valence-corrected chi connectivity index (χ1v) is 6.68. The van der Waals surface area contributed by atoms with Gasteiger partial charge >= 0.3 is 0 Å². The number of nitrogens with two attached hydrogens (primary N) is 1. The number of amides is 1. The van der Waals surface area contributed by atoms with Gasteiger partial charge in [0.15, 0.2) is 0 Å². The van der Waals surface area contributed by atoms with Crippen LogP contribution in [-0.4, -0.2) is 21.9 Å². The molecule has 0 spiro atoms. The van der Waals surface area contributed by atoms with Crippen LogP contribution in [0.3, 0.4) is 0 Å². The van der Waals surface area contributed by atoms with Crippen molar-refractivity contribution in [3.05, 3.63) is 27.9 Å². The van der Waals surface area contributed by atoms with E-state index in [1.807, 2.05) is 0 Å². The molecule has 0 aliphatic heterocycles. The summed E-state index contributed by atoms with van der Waals surface area (Å²) in [6.45, 7) is 2.14. The average Bonchev–Trinajstić information content (AvgIpc) is 2.38. The van der Waals surface area contributed by atoms with E-state index in [-0.39, 0.29) is 23.1 Å². The Bertz CT molecular complexity index is 532. The maximum absolute atomic E-state index is 12.2. The van der Waals surface area contributed by atoms with Gasteiger partial charge in [-0.05, 0) is 24.8 Å². The Kier molecular flexibility index (Phi) is 4.16. The van der Waals surface area contributed by atoms with E-state index in [0.29, 0.717) is 5.92 Å². The van der Waals surface area contributed by atoms with E-state index in [4.69, 9.17) is 5.73 Å². The molecule has 2 atom stereocenters. The zero-order valence-electron chi connectivity index (χ0n) is 11.3. The first-order valence-electron chi connectivity index (χ1n) is 6.68. The van der Waals surface area contributed by atoms with Crippen molar-refractivity contribution in [2.24, 2.45) is 5.92 Å². The molecule has 20 heavy (non-hydrogen) atoms. The Morgan fingerprint density at radius 1 is 1.55 bits per heavy atom. The van der Waals surface area contributed by atoms with Gasteiger partial charge in [0.2, 0.25) is 0 Å². The van der Waals surface area contributed by atoms with E-state index >= 15 is 0 Å². The molecule has 1 heterocycles. The maximum atomic E-state index is 12.2. The van der Waals surface area contributed by atoms with Crippen molar-refractivity contribution in [2.75, 3.05) is 5.73 Å². The van der Waals surface area contributed by atoms with Crippen LogP contribution in [0, 0.1) is 16.0 Å². The highest BCUT2D eigenvalue weighted by molar-refractivity contribution is 5.98. The summed E-state index contributed by atoms with van der Waals surface area (Å²) in [4.78, 5) is 26.2. The number of nitro groups is 1. The molecule has 7 nitrogen and oxygen atoms in total. The molecule has 0 saturated heterocycles. The first kappa shape index (κ1) is 14.2. The van der Waals surface area contributed by atoms with E-state index in [1.165, 1.54) is 6.07 Å². The van der Waals surface area contributed by atoms with E-state index < -0.39 is 10.8 Å². The van der Waals surface area contributed by atoms with Crippen molar-refractivity contribution in [2.45, 2.75) is 38.6 Å². The molecular weight excluding hydrogens is 260 g/mol. The highest BCUT2D eigenvalue weighted by Gasteiger charge is 2.25. The largest absolute Gasteiger partial charge is 0.384 e. The molecule has 1 aliphatic carbocycles. The summed E-state index contributed by atoms with van der Waals surface area (Å²) in [6, 6.07) is 1.32. The topological polar surface area (TPSA) is 111 Å². The lowest BCUT2D eigenvalue weighted by Crippen LogP contribution is -2.38. The quantitative estimate of drug-likeness (QED) is 0.647. The summed E-state index contributed by atoms with van der Waals surface area (Å²) in [5.74, 6) is 0.203. The fraction of sp³-hybridized carbons (Fsp3) is 0.538. The smallest absolute Gasteiger partial charge is 0.300 e. The number of rotatable bonds is 3. The van der Waals surface area contributed by atoms with Crippen molar-refractivity contribution >= 4 is 17.4 Å². The molecule has 1 aromatic heterocycles. The minimum absolute atomic E-state index is 0.0271. The molecule has 3 N–H and O–H groups in total. The van der Waals surface area contributed by atoms with Gasteiger partial charge in [0.25, 0.3) is 11.6 Å². The van der Waals surface area contributed by atoms with Gasteiger partial charge in [0.1, 0.15) is 17.6 Å². The summed E-state index contributed by atoms with van der Waals surface area (Å²) >= 11 is 0. The Morgan fingerprint density at radius 2 is 2.30 bits per heavy atom. The molecule has 0 radical (unpaired) electrons. The third-order valence-electron chi connectivity index (χ3n) is 3.62. The first-order chi connectivity index (χ1) is 9.47. The minimum Gasteiger partial charge on any atom is -0.384 e. The number of carbonyl (C=O) groups excluding carboxylic acids is 1. The molecule has 1 aromatic rings. The van der Waals surface area contributed by atoms with Crippen LogP contribution in [-0.2, 0) is 0 Å². The fourth-order valence-corrected chi connectivity index (χ4v) is 2.62. The van der Waals surface area contributed by atoms with Gasteiger partial charge < -0.3 is 11.1 Å². The summed E-state index contributed by atoms with van der Waals surface area (Å²) in [6.07, 6.45) is 5.06. The molecule has 0 aromatic carbocycles. The number of pyridine rings is 1. The van der Waals surface area contributed by atoms with Crippen molar-refractivity contribution in [3.63, 3.8) is 0 Å². The minimum atomic E-state index is -0.620. The second-order valence-corrected chi connectivity index (χ2v) is 5.33. The van der Waals surface area contributed by atoms with Crippen molar-refractivity contribution < 1.29 is 9.72 Å². The van der Waals surface area contributed by atoms with Gasteiger partial charge in [-0.15, -0.1) is 0 Å². The average molecular weight is 278 g/mol. The Labute approximate surface area is 116 Å². The number of nitrogens with zero attached hydrogens (tertiary/aromatic N) is 2. The molecule has 1 aliphatic rings. The molecule has 108 valence electrons. The zero-order valence-corrected chi connectivity index (χ0v) is 11.3. The summed E-state index contributed by atoms with van der Waals surface area (Å²) in [5, 5.41) is 13.8. The van der Waals surface area contributed by atoms with Gasteiger partial charge in [-0.25, -0.2) is 4.98 Å². The SMILES string of the molecule is CC1CCCC(NC(=O)c2cc(N)ncc2[N+](=O)[O-])C1. The highest BCUT2D eigenvalue weighted by Crippen LogP contribution is 2.25. The second kappa shape index (κ2) is 5.85. The lowest BCUT2D eigenvalue weighted by molar-refractivity contribution is -0.385. The molecule has 0 bridgehead atoms. The van der Waals surface area contributed by atoms with Crippen LogP contribution < -0.4 is 11.1 Å². The fourth-order valence-electron chi connectivity index (χ4n) is 2.62.